The van der Waals surface area contributed by atoms with Crippen molar-refractivity contribution in [2.75, 3.05) is 32.0 Å². The Bertz CT molecular complexity index is 714. The van der Waals surface area contributed by atoms with Gasteiger partial charge in [0.25, 0.3) is 0 Å². The molecule has 1 aliphatic heterocycles. The number of aryl methyl sites for hydroxylation is 1. The predicted molar refractivity (Wildman–Crippen MR) is 100 cm³/mol. The lowest BCUT2D eigenvalue weighted by atomic mass is 9.98. The molecule has 1 atom stereocenters. The number of hydrogen-bond acceptors (Lipinski definition) is 4. The van der Waals surface area contributed by atoms with Crippen molar-refractivity contribution < 1.29 is 17.9 Å². The molecular weight excluding hydrogens is 352 g/mol. The van der Waals surface area contributed by atoms with Crippen LogP contribution in [0.1, 0.15) is 31.2 Å². The summed E-state index contributed by atoms with van der Waals surface area (Å²) in [4.78, 5) is 14.1. The first-order chi connectivity index (χ1) is 12.4. The highest BCUT2D eigenvalue weighted by atomic mass is 32.2. The van der Waals surface area contributed by atoms with Crippen molar-refractivity contribution in [3.05, 3.63) is 29.8 Å². The van der Waals surface area contributed by atoms with Gasteiger partial charge in [-0.3, -0.25) is 4.79 Å². The predicted octanol–water partition coefficient (Wildman–Crippen LogP) is 1.94. The maximum atomic E-state index is 12.2. The van der Waals surface area contributed by atoms with Crippen molar-refractivity contribution in [2.24, 2.45) is 11.8 Å². The SMILES string of the molecule is Cc1ccc(OCCS(=O)(=O)NC[C@H]2CCCN(C(=O)C3CC3)C2)cc1. The van der Waals surface area contributed by atoms with Gasteiger partial charge in [0.2, 0.25) is 15.9 Å². The Hall–Kier alpha value is -1.60. The number of ether oxygens (including phenoxy) is 1. The van der Waals surface area contributed by atoms with E-state index in [0.29, 0.717) is 18.8 Å². The molecule has 6 nitrogen and oxygen atoms in total. The first-order valence-electron chi connectivity index (χ1n) is 9.38. The molecule has 1 aromatic rings. The lowest BCUT2D eigenvalue weighted by molar-refractivity contribution is -0.134. The fourth-order valence-electron chi connectivity index (χ4n) is 3.24. The average molecular weight is 381 g/mol. The highest BCUT2D eigenvalue weighted by Gasteiger charge is 2.35. The number of hydrogen-bond donors (Lipinski definition) is 1. The lowest BCUT2D eigenvalue weighted by Crippen LogP contribution is -2.44. The quantitative estimate of drug-likeness (QED) is 0.748. The number of carbonyl (C=O) groups excluding carboxylic acids is 1. The third-order valence-electron chi connectivity index (χ3n) is 4.99. The van der Waals surface area contributed by atoms with E-state index >= 15 is 0 Å². The standard InChI is InChI=1S/C19H28N2O4S/c1-15-4-8-18(9-5-15)25-11-12-26(23,24)20-13-16-3-2-10-21(14-16)19(22)17-6-7-17/h4-5,8-9,16-17,20H,2-3,6-7,10-14H2,1H3/t16-/m1/s1. The molecule has 144 valence electrons. The minimum Gasteiger partial charge on any atom is -0.492 e. The van der Waals surface area contributed by atoms with E-state index in [1.807, 2.05) is 36.1 Å². The average Bonchev–Trinajstić information content (AvgIpc) is 3.46. The van der Waals surface area contributed by atoms with Gasteiger partial charge in [0.05, 0.1) is 5.75 Å². The first kappa shape index (κ1) is 19.2. The van der Waals surface area contributed by atoms with E-state index in [1.54, 1.807) is 0 Å². The minimum atomic E-state index is -3.38. The molecule has 0 spiro atoms. The smallest absolute Gasteiger partial charge is 0.225 e. The summed E-state index contributed by atoms with van der Waals surface area (Å²) < 4.78 is 32.5. The summed E-state index contributed by atoms with van der Waals surface area (Å²) in [5.74, 6) is 1.28. The Morgan fingerprint density at radius 2 is 1.96 bits per heavy atom. The number of sulfonamides is 1. The fraction of sp³-hybridized carbons (Fsp3) is 0.632. The van der Waals surface area contributed by atoms with Crippen molar-refractivity contribution >= 4 is 15.9 Å². The number of likely N-dealkylation sites (tertiary alicyclic amines) is 1. The lowest BCUT2D eigenvalue weighted by Gasteiger charge is -2.33. The zero-order chi connectivity index (χ0) is 18.6. The van der Waals surface area contributed by atoms with Crippen LogP contribution in [-0.4, -0.2) is 51.2 Å². The van der Waals surface area contributed by atoms with E-state index in [1.165, 1.54) is 0 Å². The molecule has 1 N–H and O–H groups in total. The molecule has 0 bridgehead atoms. The van der Waals surface area contributed by atoms with Gasteiger partial charge in [-0.25, -0.2) is 13.1 Å². The molecular formula is C19H28N2O4S. The van der Waals surface area contributed by atoms with Crippen LogP contribution in [0.25, 0.3) is 0 Å². The number of rotatable bonds is 8. The summed E-state index contributed by atoms with van der Waals surface area (Å²) in [6.07, 6.45) is 3.92. The molecule has 3 rings (SSSR count). The van der Waals surface area contributed by atoms with Crippen LogP contribution in [0.5, 0.6) is 5.75 Å². The van der Waals surface area contributed by atoms with Gasteiger partial charge in [-0.1, -0.05) is 17.7 Å². The molecule has 7 heteroatoms. The molecule has 26 heavy (non-hydrogen) atoms. The van der Waals surface area contributed by atoms with Gasteiger partial charge in [-0.15, -0.1) is 0 Å². The van der Waals surface area contributed by atoms with Crippen LogP contribution in [0.2, 0.25) is 0 Å². The van der Waals surface area contributed by atoms with E-state index < -0.39 is 10.0 Å². The van der Waals surface area contributed by atoms with Gasteiger partial charge in [0.1, 0.15) is 12.4 Å². The molecule has 0 aromatic heterocycles. The van der Waals surface area contributed by atoms with Gasteiger partial charge >= 0.3 is 0 Å². The van der Waals surface area contributed by atoms with Crippen LogP contribution < -0.4 is 9.46 Å². The van der Waals surface area contributed by atoms with E-state index in [4.69, 9.17) is 4.74 Å². The highest BCUT2D eigenvalue weighted by molar-refractivity contribution is 7.89. The largest absolute Gasteiger partial charge is 0.492 e. The van der Waals surface area contributed by atoms with Crippen LogP contribution in [0.4, 0.5) is 0 Å². The first-order valence-corrected chi connectivity index (χ1v) is 11.0. The fourth-order valence-corrected chi connectivity index (χ4v) is 4.18. The Morgan fingerprint density at radius 1 is 1.23 bits per heavy atom. The summed E-state index contributed by atoms with van der Waals surface area (Å²) in [6.45, 7) is 3.97. The number of carbonyl (C=O) groups is 1. The maximum absolute atomic E-state index is 12.2. The third kappa shape index (κ3) is 5.71. The zero-order valence-corrected chi connectivity index (χ0v) is 16.1. The van der Waals surface area contributed by atoms with Crippen molar-refractivity contribution in [3.8, 4) is 5.75 Å². The molecule has 1 saturated heterocycles. The number of nitrogens with one attached hydrogen (secondary N) is 1. The zero-order valence-electron chi connectivity index (χ0n) is 15.3. The molecule has 2 aliphatic rings. The molecule has 1 amide bonds. The van der Waals surface area contributed by atoms with E-state index in [9.17, 15) is 13.2 Å². The van der Waals surface area contributed by atoms with Crippen LogP contribution >= 0.6 is 0 Å². The number of piperidine rings is 1. The topological polar surface area (TPSA) is 75.7 Å². The summed E-state index contributed by atoms with van der Waals surface area (Å²) in [5, 5.41) is 0. The normalized spacial score (nSPS) is 20.8. The minimum absolute atomic E-state index is 0.0711. The van der Waals surface area contributed by atoms with E-state index in [2.05, 4.69) is 4.72 Å². The van der Waals surface area contributed by atoms with E-state index in [-0.39, 0.29) is 30.1 Å². The van der Waals surface area contributed by atoms with Crippen LogP contribution in [0.15, 0.2) is 24.3 Å². The van der Waals surface area contributed by atoms with Crippen LogP contribution in [0.3, 0.4) is 0 Å². The Morgan fingerprint density at radius 3 is 2.65 bits per heavy atom. The number of nitrogens with zero attached hydrogens (tertiary/aromatic N) is 1. The molecule has 0 radical (unpaired) electrons. The van der Waals surface area contributed by atoms with Crippen molar-refractivity contribution in [1.82, 2.24) is 9.62 Å². The summed E-state index contributed by atoms with van der Waals surface area (Å²) in [5.41, 5.74) is 1.13. The molecule has 1 heterocycles. The Labute approximate surface area is 156 Å². The van der Waals surface area contributed by atoms with Crippen LogP contribution in [-0.2, 0) is 14.8 Å². The second-order valence-electron chi connectivity index (χ2n) is 7.40. The van der Waals surface area contributed by atoms with Crippen molar-refractivity contribution in [3.63, 3.8) is 0 Å². The van der Waals surface area contributed by atoms with Gasteiger partial charge in [0.15, 0.2) is 0 Å². The van der Waals surface area contributed by atoms with Crippen LogP contribution in [0, 0.1) is 18.8 Å². The molecule has 0 unspecified atom stereocenters. The molecule has 1 aromatic carbocycles. The van der Waals surface area contributed by atoms with Crippen molar-refractivity contribution in [1.29, 1.82) is 0 Å². The second-order valence-corrected chi connectivity index (χ2v) is 9.32. The maximum Gasteiger partial charge on any atom is 0.225 e. The molecule has 2 fully saturated rings. The number of amides is 1. The third-order valence-corrected chi connectivity index (χ3v) is 6.30. The Balaban J connectivity index is 1.39. The monoisotopic (exact) mass is 380 g/mol. The van der Waals surface area contributed by atoms with Gasteiger partial charge < -0.3 is 9.64 Å². The van der Waals surface area contributed by atoms with Gasteiger partial charge in [-0.2, -0.15) is 0 Å². The highest BCUT2D eigenvalue weighted by Crippen LogP contribution is 2.32. The summed E-state index contributed by atoms with van der Waals surface area (Å²) >= 11 is 0. The van der Waals surface area contributed by atoms with E-state index in [0.717, 1.165) is 37.8 Å². The second kappa shape index (κ2) is 8.39. The van der Waals surface area contributed by atoms with Gasteiger partial charge in [0, 0.05) is 25.6 Å². The Kier molecular flexibility index (Phi) is 6.19. The van der Waals surface area contributed by atoms with Crippen molar-refractivity contribution in [2.45, 2.75) is 32.6 Å². The molecule has 1 saturated carbocycles. The summed E-state index contributed by atoms with van der Waals surface area (Å²) in [6, 6.07) is 7.53. The summed E-state index contributed by atoms with van der Waals surface area (Å²) in [7, 11) is -3.38. The number of benzene rings is 1. The molecule has 1 aliphatic carbocycles. The van der Waals surface area contributed by atoms with Gasteiger partial charge in [-0.05, 0) is 50.7 Å².